The molecule has 4 N–H and O–H groups in total. The number of benzene rings is 1. The first-order valence-corrected chi connectivity index (χ1v) is 5.47. The molecule has 0 aliphatic carbocycles. The lowest BCUT2D eigenvalue weighted by Gasteiger charge is -2.10. The van der Waals surface area contributed by atoms with Gasteiger partial charge in [-0.1, -0.05) is 6.07 Å². The summed E-state index contributed by atoms with van der Waals surface area (Å²) in [6.07, 6.45) is 2.99. The van der Waals surface area contributed by atoms with E-state index in [1.807, 2.05) is 0 Å². The Hall–Kier alpha value is -2.83. The molecule has 1 heterocycles. The zero-order valence-corrected chi connectivity index (χ0v) is 10.1. The minimum atomic E-state index is -1.03. The topological polar surface area (TPSA) is 107 Å². The van der Waals surface area contributed by atoms with E-state index in [0.717, 1.165) is 0 Å². The normalized spacial score (nSPS) is 9.95. The van der Waals surface area contributed by atoms with Crippen molar-refractivity contribution in [2.75, 3.05) is 10.6 Å². The molecular formula is C12H12N4O3. The van der Waals surface area contributed by atoms with Crippen LogP contribution in [0, 0.1) is 6.92 Å². The summed E-state index contributed by atoms with van der Waals surface area (Å²) in [4.78, 5) is 22.7. The number of hydrogen-bond acceptors (Lipinski definition) is 3. The number of amides is 2. The molecule has 0 radical (unpaired) electrons. The third kappa shape index (κ3) is 2.89. The van der Waals surface area contributed by atoms with Gasteiger partial charge in [-0.25, -0.2) is 9.59 Å². The molecule has 2 amide bonds. The monoisotopic (exact) mass is 260 g/mol. The summed E-state index contributed by atoms with van der Waals surface area (Å²) in [5.74, 6) is -1.03. The highest BCUT2D eigenvalue weighted by Gasteiger charge is 2.12. The Morgan fingerprint density at radius 1 is 1.32 bits per heavy atom. The van der Waals surface area contributed by atoms with E-state index in [1.165, 1.54) is 18.5 Å². The number of aromatic nitrogens is 2. The maximum atomic E-state index is 11.7. The van der Waals surface area contributed by atoms with Crippen molar-refractivity contribution < 1.29 is 14.7 Å². The fourth-order valence-electron chi connectivity index (χ4n) is 1.61. The molecule has 0 fully saturated rings. The maximum Gasteiger partial charge on any atom is 0.336 e. The van der Waals surface area contributed by atoms with Crippen LogP contribution in [-0.2, 0) is 0 Å². The highest BCUT2D eigenvalue weighted by atomic mass is 16.4. The van der Waals surface area contributed by atoms with E-state index < -0.39 is 12.0 Å². The lowest BCUT2D eigenvalue weighted by molar-refractivity contribution is 0.0696. The average molecular weight is 260 g/mol. The van der Waals surface area contributed by atoms with E-state index in [1.54, 1.807) is 19.1 Å². The summed E-state index contributed by atoms with van der Waals surface area (Å²) >= 11 is 0. The zero-order chi connectivity index (χ0) is 13.8. The molecule has 7 nitrogen and oxygen atoms in total. The van der Waals surface area contributed by atoms with E-state index >= 15 is 0 Å². The minimum Gasteiger partial charge on any atom is -0.478 e. The molecule has 0 atom stereocenters. The number of anilines is 2. The van der Waals surface area contributed by atoms with Crippen LogP contribution < -0.4 is 10.6 Å². The van der Waals surface area contributed by atoms with E-state index in [0.29, 0.717) is 16.9 Å². The van der Waals surface area contributed by atoms with Gasteiger partial charge in [0.1, 0.15) is 0 Å². The number of nitrogens with one attached hydrogen (secondary N) is 3. The SMILES string of the molecule is Cc1c(NC(=O)Nc2cn[nH]c2)cccc1C(=O)O. The molecular weight excluding hydrogens is 248 g/mol. The van der Waals surface area contributed by atoms with Crippen LogP contribution in [0.5, 0.6) is 0 Å². The zero-order valence-electron chi connectivity index (χ0n) is 10.1. The molecule has 0 aliphatic heterocycles. The Balaban J connectivity index is 2.13. The number of H-pyrrole nitrogens is 1. The van der Waals surface area contributed by atoms with Crippen LogP contribution in [0.4, 0.5) is 16.2 Å². The van der Waals surface area contributed by atoms with E-state index in [4.69, 9.17) is 5.11 Å². The van der Waals surface area contributed by atoms with Gasteiger partial charge < -0.3 is 15.7 Å². The van der Waals surface area contributed by atoms with Crippen LogP contribution in [0.2, 0.25) is 0 Å². The first-order chi connectivity index (χ1) is 9.08. The van der Waals surface area contributed by atoms with Crippen molar-refractivity contribution in [2.24, 2.45) is 0 Å². The predicted molar refractivity (Wildman–Crippen MR) is 69.4 cm³/mol. The molecule has 2 aromatic rings. The summed E-state index contributed by atoms with van der Waals surface area (Å²) in [5.41, 5.74) is 1.61. The molecule has 0 unspecified atom stereocenters. The predicted octanol–water partition coefficient (Wildman–Crippen LogP) is 2.06. The van der Waals surface area contributed by atoms with Gasteiger partial charge in [-0.15, -0.1) is 0 Å². The smallest absolute Gasteiger partial charge is 0.336 e. The standard InChI is InChI=1S/C12H12N4O3/c1-7-9(11(17)18)3-2-4-10(7)16-12(19)15-8-5-13-14-6-8/h2-6H,1H3,(H,13,14)(H,17,18)(H2,15,16,19). The maximum absolute atomic E-state index is 11.7. The molecule has 1 aromatic heterocycles. The van der Waals surface area contributed by atoms with Crippen LogP contribution in [0.25, 0.3) is 0 Å². The number of carboxylic acid groups (broad SMARTS) is 1. The fraction of sp³-hybridized carbons (Fsp3) is 0.0833. The van der Waals surface area contributed by atoms with Crippen molar-refractivity contribution in [3.63, 3.8) is 0 Å². The van der Waals surface area contributed by atoms with Gasteiger partial charge in [-0.2, -0.15) is 5.10 Å². The van der Waals surface area contributed by atoms with Crippen LogP contribution in [0.3, 0.4) is 0 Å². The molecule has 0 aliphatic rings. The second-order valence-corrected chi connectivity index (χ2v) is 3.85. The van der Waals surface area contributed by atoms with Crippen LogP contribution in [0.15, 0.2) is 30.6 Å². The van der Waals surface area contributed by atoms with Gasteiger partial charge in [0.05, 0.1) is 17.4 Å². The number of nitrogens with zero attached hydrogens (tertiary/aromatic N) is 1. The van der Waals surface area contributed by atoms with Gasteiger partial charge in [0.2, 0.25) is 0 Å². The lowest BCUT2D eigenvalue weighted by atomic mass is 10.1. The van der Waals surface area contributed by atoms with Crippen LogP contribution in [-0.4, -0.2) is 27.3 Å². The van der Waals surface area contributed by atoms with Gasteiger partial charge in [0.15, 0.2) is 0 Å². The van der Waals surface area contributed by atoms with Crippen molar-refractivity contribution in [1.29, 1.82) is 0 Å². The Morgan fingerprint density at radius 2 is 2.11 bits per heavy atom. The second kappa shape index (κ2) is 5.21. The summed E-state index contributed by atoms with van der Waals surface area (Å²) in [6.45, 7) is 1.64. The van der Waals surface area contributed by atoms with E-state index in [9.17, 15) is 9.59 Å². The highest BCUT2D eigenvalue weighted by Crippen LogP contribution is 2.19. The Kier molecular flexibility index (Phi) is 3.46. The summed E-state index contributed by atoms with van der Waals surface area (Å²) < 4.78 is 0. The quantitative estimate of drug-likeness (QED) is 0.677. The van der Waals surface area contributed by atoms with Gasteiger partial charge in [-0.05, 0) is 24.6 Å². The Labute approximate surface area is 108 Å². The molecule has 0 bridgehead atoms. The molecule has 0 spiro atoms. The van der Waals surface area contributed by atoms with Crippen molar-refractivity contribution in [3.05, 3.63) is 41.7 Å². The first kappa shape index (κ1) is 12.6. The summed E-state index contributed by atoms with van der Waals surface area (Å²) in [5, 5.41) is 20.4. The van der Waals surface area contributed by atoms with Gasteiger partial charge >= 0.3 is 12.0 Å². The van der Waals surface area contributed by atoms with Crippen LogP contribution in [0.1, 0.15) is 15.9 Å². The molecule has 19 heavy (non-hydrogen) atoms. The minimum absolute atomic E-state index is 0.154. The number of aromatic amines is 1. The van der Waals surface area contributed by atoms with Crippen LogP contribution >= 0.6 is 0 Å². The number of carbonyl (C=O) groups is 2. The average Bonchev–Trinajstić information content (AvgIpc) is 2.84. The Morgan fingerprint density at radius 3 is 2.74 bits per heavy atom. The highest BCUT2D eigenvalue weighted by molar-refractivity contribution is 6.01. The van der Waals surface area contributed by atoms with Crippen molar-refractivity contribution in [1.82, 2.24) is 10.2 Å². The van der Waals surface area contributed by atoms with E-state index in [2.05, 4.69) is 20.8 Å². The summed E-state index contributed by atoms with van der Waals surface area (Å²) in [7, 11) is 0. The first-order valence-electron chi connectivity index (χ1n) is 5.47. The third-order valence-corrected chi connectivity index (χ3v) is 2.57. The number of aromatic carboxylic acids is 1. The number of carboxylic acids is 1. The van der Waals surface area contributed by atoms with Crippen molar-refractivity contribution in [3.8, 4) is 0 Å². The molecule has 0 saturated carbocycles. The number of hydrogen-bond donors (Lipinski definition) is 4. The number of carbonyl (C=O) groups excluding carboxylic acids is 1. The molecule has 2 rings (SSSR count). The van der Waals surface area contributed by atoms with Crippen molar-refractivity contribution in [2.45, 2.75) is 6.92 Å². The van der Waals surface area contributed by atoms with Gasteiger partial charge in [-0.3, -0.25) is 5.10 Å². The molecule has 1 aromatic carbocycles. The number of urea groups is 1. The molecule has 98 valence electrons. The fourth-order valence-corrected chi connectivity index (χ4v) is 1.61. The number of rotatable bonds is 3. The van der Waals surface area contributed by atoms with Gasteiger partial charge in [0.25, 0.3) is 0 Å². The van der Waals surface area contributed by atoms with E-state index in [-0.39, 0.29) is 5.56 Å². The van der Waals surface area contributed by atoms with Gasteiger partial charge in [0, 0.05) is 11.9 Å². The molecule has 7 heteroatoms. The van der Waals surface area contributed by atoms with Crippen molar-refractivity contribution >= 4 is 23.4 Å². The second-order valence-electron chi connectivity index (χ2n) is 3.85. The lowest BCUT2D eigenvalue weighted by Crippen LogP contribution is -2.20. The Bertz CT molecular complexity index is 607. The largest absolute Gasteiger partial charge is 0.478 e. The molecule has 0 saturated heterocycles. The third-order valence-electron chi connectivity index (χ3n) is 2.57. The summed E-state index contributed by atoms with van der Waals surface area (Å²) in [6, 6.07) is 4.23.